The summed E-state index contributed by atoms with van der Waals surface area (Å²) < 4.78 is 5.32. The SMILES string of the molecule is COc1cccnc1N1CCNCC1C.Cl. The molecule has 5 heteroatoms. The lowest BCUT2D eigenvalue weighted by Crippen LogP contribution is -2.50. The number of methoxy groups -OCH3 is 1. The molecule has 1 aliphatic rings. The summed E-state index contributed by atoms with van der Waals surface area (Å²) in [5.41, 5.74) is 0. The highest BCUT2D eigenvalue weighted by Gasteiger charge is 2.21. The predicted octanol–water partition coefficient (Wildman–Crippen LogP) is 1.31. The lowest BCUT2D eigenvalue weighted by Gasteiger charge is -2.35. The smallest absolute Gasteiger partial charge is 0.171 e. The van der Waals surface area contributed by atoms with Crippen molar-refractivity contribution in [1.82, 2.24) is 10.3 Å². The maximum absolute atomic E-state index is 5.32. The van der Waals surface area contributed by atoms with Crippen LogP contribution in [-0.2, 0) is 0 Å². The minimum Gasteiger partial charge on any atom is -0.493 e. The van der Waals surface area contributed by atoms with Gasteiger partial charge in [0.05, 0.1) is 7.11 Å². The van der Waals surface area contributed by atoms with Crippen molar-refractivity contribution < 1.29 is 4.74 Å². The predicted molar refractivity (Wildman–Crippen MR) is 67.7 cm³/mol. The third-order valence-electron chi connectivity index (χ3n) is 2.74. The van der Waals surface area contributed by atoms with Gasteiger partial charge in [-0.05, 0) is 19.1 Å². The van der Waals surface area contributed by atoms with Gasteiger partial charge in [0.25, 0.3) is 0 Å². The fourth-order valence-electron chi connectivity index (χ4n) is 1.91. The third kappa shape index (κ3) is 2.57. The van der Waals surface area contributed by atoms with Crippen LogP contribution in [0, 0.1) is 0 Å². The zero-order chi connectivity index (χ0) is 10.7. The Labute approximate surface area is 102 Å². The largest absolute Gasteiger partial charge is 0.493 e. The maximum atomic E-state index is 5.32. The van der Waals surface area contributed by atoms with Crippen molar-refractivity contribution in [2.24, 2.45) is 0 Å². The molecule has 0 aromatic carbocycles. The Balaban J connectivity index is 0.00000128. The zero-order valence-electron chi connectivity index (χ0n) is 9.64. The van der Waals surface area contributed by atoms with E-state index in [0.29, 0.717) is 6.04 Å². The van der Waals surface area contributed by atoms with Gasteiger partial charge in [0.2, 0.25) is 0 Å². The Morgan fingerprint density at radius 3 is 3.06 bits per heavy atom. The van der Waals surface area contributed by atoms with E-state index in [1.165, 1.54) is 0 Å². The maximum Gasteiger partial charge on any atom is 0.171 e. The van der Waals surface area contributed by atoms with E-state index in [9.17, 15) is 0 Å². The van der Waals surface area contributed by atoms with Gasteiger partial charge in [-0.3, -0.25) is 0 Å². The first kappa shape index (κ1) is 13.1. The van der Waals surface area contributed by atoms with Crippen molar-refractivity contribution >= 4 is 18.2 Å². The average molecular weight is 244 g/mol. The molecule has 16 heavy (non-hydrogen) atoms. The van der Waals surface area contributed by atoms with Gasteiger partial charge in [0.15, 0.2) is 11.6 Å². The Morgan fingerprint density at radius 1 is 1.56 bits per heavy atom. The molecule has 1 saturated heterocycles. The second-order valence-electron chi connectivity index (χ2n) is 3.78. The Morgan fingerprint density at radius 2 is 2.38 bits per heavy atom. The molecular formula is C11H18ClN3O. The lowest BCUT2D eigenvalue weighted by molar-refractivity contribution is 0.406. The van der Waals surface area contributed by atoms with Crippen LogP contribution in [0.15, 0.2) is 18.3 Å². The topological polar surface area (TPSA) is 37.4 Å². The number of hydrogen-bond acceptors (Lipinski definition) is 4. The van der Waals surface area contributed by atoms with Crippen molar-refractivity contribution in [3.63, 3.8) is 0 Å². The monoisotopic (exact) mass is 243 g/mol. The van der Waals surface area contributed by atoms with Crippen LogP contribution in [0.2, 0.25) is 0 Å². The molecular weight excluding hydrogens is 226 g/mol. The van der Waals surface area contributed by atoms with Gasteiger partial charge in [-0.2, -0.15) is 0 Å². The van der Waals surface area contributed by atoms with Crippen LogP contribution in [0.4, 0.5) is 5.82 Å². The molecule has 0 radical (unpaired) electrons. The highest BCUT2D eigenvalue weighted by atomic mass is 35.5. The minimum atomic E-state index is 0. The van der Waals surface area contributed by atoms with E-state index in [1.54, 1.807) is 7.11 Å². The van der Waals surface area contributed by atoms with E-state index >= 15 is 0 Å². The number of nitrogens with one attached hydrogen (secondary N) is 1. The van der Waals surface area contributed by atoms with Crippen molar-refractivity contribution in [2.75, 3.05) is 31.6 Å². The number of halogens is 1. The molecule has 2 rings (SSSR count). The van der Waals surface area contributed by atoms with Crippen LogP contribution >= 0.6 is 12.4 Å². The Kier molecular flexibility index (Phi) is 4.83. The van der Waals surface area contributed by atoms with E-state index in [-0.39, 0.29) is 12.4 Å². The van der Waals surface area contributed by atoms with Crippen molar-refractivity contribution in [1.29, 1.82) is 0 Å². The second kappa shape index (κ2) is 5.92. The molecule has 2 heterocycles. The molecule has 0 amide bonds. The van der Waals surface area contributed by atoms with Gasteiger partial charge >= 0.3 is 0 Å². The van der Waals surface area contributed by atoms with Gasteiger partial charge in [0, 0.05) is 31.9 Å². The fourth-order valence-corrected chi connectivity index (χ4v) is 1.91. The minimum absolute atomic E-state index is 0. The summed E-state index contributed by atoms with van der Waals surface area (Å²) in [6.45, 7) is 5.18. The molecule has 90 valence electrons. The first-order valence-corrected chi connectivity index (χ1v) is 5.29. The number of pyridine rings is 1. The second-order valence-corrected chi connectivity index (χ2v) is 3.78. The number of piperazine rings is 1. The van der Waals surface area contributed by atoms with Gasteiger partial charge in [-0.1, -0.05) is 0 Å². The normalized spacial score (nSPS) is 20.1. The van der Waals surface area contributed by atoms with Gasteiger partial charge in [0.1, 0.15) is 0 Å². The molecule has 0 bridgehead atoms. The van der Waals surface area contributed by atoms with Crippen LogP contribution in [0.3, 0.4) is 0 Å². The zero-order valence-corrected chi connectivity index (χ0v) is 10.5. The molecule has 0 saturated carbocycles. The van der Waals surface area contributed by atoms with Crippen LogP contribution < -0.4 is 15.0 Å². The van der Waals surface area contributed by atoms with E-state index in [0.717, 1.165) is 31.2 Å². The first-order chi connectivity index (χ1) is 7.33. The van der Waals surface area contributed by atoms with Crippen LogP contribution in [0.5, 0.6) is 5.75 Å². The number of ether oxygens (including phenoxy) is 1. The molecule has 1 unspecified atom stereocenters. The number of rotatable bonds is 2. The van der Waals surface area contributed by atoms with E-state index in [1.807, 2.05) is 18.3 Å². The van der Waals surface area contributed by atoms with E-state index < -0.39 is 0 Å². The van der Waals surface area contributed by atoms with Gasteiger partial charge in [-0.25, -0.2) is 4.98 Å². The highest BCUT2D eigenvalue weighted by Crippen LogP contribution is 2.26. The molecule has 0 spiro atoms. The summed E-state index contributed by atoms with van der Waals surface area (Å²) in [6, 6.07) is 4.31. The number of aromatic nitrogens is 1. The fraction of sp³-hybridized carbons (Fsp3) is 0.545. The third-order valence-corrected chi connectivity index (χ3v) is 2.74. The average Bonchev–Trinajstić information content (AvgIpc) is 2.30. The van der Waals surface area contributed by atoms with Crippen LogP contribution in [-0.4, -0.2) is 37.8 Å². The van der Waals surface area contributed by atoms with Gasteiger partial charge in [-0.15, -0.1) is 12.4 Å². The highest BCUT2D eigenvalue weighted by molar-refractivity contribution is 5.85. The van der Waals surface area contributed by atoms with Crippen LogP contribution in [0.1, 0.15) is 6.92 Å². The number of nitrogens with zero attached hydrogens (tertiary/aromatic N) is 2. The summed E-state index contributed by atoms with van der Waals surface area (Å²) in [5.74, 6) is 1.81. The van der Waals surface area contributed by atoms with Crippen LogP contribution in [0.25, 0.3) is 0 Å². The van der Waals surface area contributed by atoms with Crippen molar-refractivity contribution in [2.45, 2.75) is 13.0 Å². The molecule has 1 aliphatic heterocycles. The molecule has 1 aromatic rings. The molecule has 1 aromatic heterocycles. The summed E-state index contributed by atoms with van der Waals surface area (Å²) in [4.78, 5) is 6.68. The molecule has 1 N–H and O–H groups in total. The number of anilines is 1. The van der Waals surface area contributed by atoms with Crippen molar-refractivity contribution in [3.05, 3.63) is 18.3 Å². The summed E-state index contributed by atoms with van der Waals surface area (Å²) >= 11 is 0. The summed E-state index contributed by atoms with van der Waals surface area (Å²) in [6.07, 6.45) is 1.81. The first-order valence-electron chi connectivity index (χ1n) is 5.29. The summed E-state index contributed by atoms with van der Waals surface area (Å²) in [7, 11) is 1.69. The Bertz CT molecular complexity index is 335. The Hall–Kier alpha value is -1.00. The molecule has 4 nitrogen and oxygen atoms in total. The number of hydrogen-bond donors (Lipinski definition) is 1. The van der Waals surface area contributed by atoms with E-state index in [4.69, 9.17) is 4.74 Å². The standard InChI is InChI=1S/C11H17N3O.ClH/c1-9-8-12-6-7-14(9)11-10(15-2)4-3-5-13-11;/h3-5,9,12H,6-8H2,1-2H3;1H. The molecule has 0 aliphatic carbocycles. The van der Waals surface area contributed by atoms with Gasteiger partial charge < -0.3 is 15.0 Å². The molecule has 1 atom stereocenters. The lowest BCUT2D eigenvalue weighted by atomic mass is 10.2. The van der Waals surface area contributed by atoms with Crippen molar-refractivity contribution in [3.8, 4) is 5.75 Å². The van der Waals surface area contributed by atoms with E-state index in [2.05, 4.69) is 22.1 Å². The molecule has 1 fully saturated rings. The summed E-state index contributed by atoms with van der Waals surface area (Å²) in [5, 5.41) is 3.36. The quantitative estimate of drug-likeness (QED) is 0.850.